The summed E-state index contributed by atoms with van der Waals surface area (Å²) in [5.74, 6) is 0.0829. The number of halogens is 2. The second kappa shape index (κ2) is 5.79. The number of carbonyl (C=O) groups is 1. The lowest BCUT2D eigenvalue weighted by atomic mass is 10.0. The first kappa shape index (κ1) is 12.1. The highest BCUT2D eigenvalue weighted by Crippen LogP contribution is 2.21. The molecule has 0 saturated carbocycles. The van der Waals surface area contributed by atoms with Crippen molar-refractivity contribution in [2.24, 2.45) is 0 Å². The SMILES string of the molecule is O=C(CCl)Cc1c(S)cccc1CBr. The number of Topliss-reactive ketones (excluding diaryl/α,β-unsaturated/α-hetero) is 1. The van der Waals surface area contributed by atoms with Crippen molar-refractivity contribution in [1.29, 1.82) is 0 Å². The normalized spacial score (nSPS) is 10.2. The number of carbonyl (C=O) groups excluding carboxylic acids is 1. The number of hydrogen-bond acceptors (Lipinski definition) is 2. The molecule has 0 fully saturated rings. The van der Waals surface area contributed by atoms with Gasteiger partial charge in [0.15, 0.2) is 5.78 Å². The number of rotatable bonds is 4. The molecule has 4 heteroatoms. The average Bonchev–Trinajstić information content (AvgIpc) is 2.20. The summed E-state index contributed by atoms with van der Waals surface area (Å²) in [7, 11) is 0. The smallest absolute Gasteiger partial charge is 0.152 e. The Hall–Kier alpha value is 0.01000. The van der Waals surface area contributed by atoms with E-state index in [0.717, 1.165) is 21.4 Å². The van der Waals surface area contributed by atoms with Crippen LogP contribution in [-0.2, 0) is 16.5 Å². The van der Waals surface area contributed by atoms with Crippen molar-refractivity contribution in [2.45, 2.75) is 16.6 Å². The minimum absolute atomic E-state index is 0.0235. The van der Waals surface area contributed by atoms with Gasteiger partial charge in [0.2, 0.25) is 0 Å². The van der Waals surface area contributed by atoms with Gasteiger partial charge in [0.25, 0.3) is 0 Å². The summed E-state index contributed by atoms with van der Waals surface area (Å²) in [6, 6.07) is 5.78. The van der Waals surface area contributed by atoms with Crippen LogP contribution in [0.25, 0.3) is 0 Å². The van der Waals surface area contributed by atoms with Crippen LogP contribution in [0.2, 0.25) is 0 Å². The van der Waals surface area contributed by atoms with Crippen LogP contribution in [0.3, 0.4) is 0 Å². The van der Waals surface area contributed by atoms with E-state index in [4.69, 9.17) is 11.6 Å². The van der Waals surface area contributed by atoms with Crippen LogP contribution in [0, 0.1) is 0 Å². The van der Waals surface area contributed by atoms with Crippen molar-refractivity contribution in [3.63, 3.8) is 0 Å². The molecule has 0 aliphatic rings. The van der Waals surface area contributed by atoms with Crippen molar-refractivity contribution in [3.8, 4) is 0 Å². The second-order valence-corrected chi connectivity index (χ2v) is 4.21. The maximum atomic E-state index is 11.2. The van der Waals surface area contributed by atoms with Gasteiger partial charge in [0.1, 0.15) is 0 Å². The van der Waals surface area contributed by atoms with Crippen molar-refractivity contribution in [1.82, 2.24) is 0 Å². The fraction of sp³-hybridized carbons (Fsp3) is 0.300. The van der Waals surface area contributed by atoms with Gasteiger partial charge >= 0.3 is 0 Å². The van der Waals surface area contributed by atoms with E-state index >= 15 is 0 Å². The van der Waals surface area contributed by atoms with Gasteiger partial charge in [-0.25, -0.2) is 0 Å². The molecule has 1 aromatic rings. The number of hydrogen-bond donors (Lipinski definition) is 1. The minimum atomic E-state index is 0.0235. The highest BCUT2D eigenvalue weighted by atomic mass is 79.9. The van der Waals surface area contributed by atoms with E-state index in [2.05, 4.69) is 28.6 Å². The molecule has 1 aromatic carbocycles. The van der Waals surface area contributed by atoms with Gasteiger partial charge in [-0.3, -0.25) is 4.79 Å². The summed E-state index contributed by atoms with van der Waals surface area (Å²) in [6.07, 6.45) is 0.365. The monoisotopic (exact) mass is 292 g/mol. The molecule has 14 heavy (non-hydrogen) atoms. The van der Waals surface area contributed by atoms with E-state index in [1.165, 1.54) is 0 Å². The summed E-state index contributed by atoms with van der Waals surface area (Å²) in [6.45, 7) is 0. The predicted molar refractivity (Wildman–Crippen MR) is 65.8 cm³/mol. The van der Waals surface area contributed by atoms with Gasteiger partial charge < -0.3 is 0 Å². The lowest BCUT2D eigenvalue weighted by Crippen LogP contribution is -2.06. The van der Waals surface area contributed by atoms with Gasteiger partial charge in [-0.2, -0.15) is 0 Å². The minimum Gasteiger partial charge on any atom is -0.298 e. The molecule has 0 atom stereocenters. The molecule has 0 aliphatic heterocycles. The van der Waals surface area contributed by atoms with Gasteiger partial charge in [-0.05, 0) is 17.2 Å². The fourth-order valence-corrected chi connectivity index (χ4v) is 2.12. The summed E-state index contributed by atoms with van der Waals surface area (Å²) < 4.78 is 0. The van der Waals surface area contributed by atoms with Crippen molar-refractivity contribution < 1.29 is 4.79 Å². The molecule has 0 amide bonds. The standard InChI is InChI=1S/C10H10BrClOS/c11-5-7-2-1-3-10(14)9(7)4-8(13)6-12/h1-3,14H,4-6H2. The first-order chi connectivity index (χ1) is 6.69. The van der Waals surface area contributed by atoms with Crippen molar-refractivity contribution in [3.05, 3.63) is 29.3 Å². The number of alkyl halides is 2. The Kier molecular flexibility index (Phi) is 4.99. The summed E-state index contributed by atoms with van der Waals surface area (Å²) in [5.41, 5.74) is 2.06. The maximum absolute atomic E-state index is 11.2. The Morgan fingerprint density at radius 1 is 1.50 bits per heavy atom. The quantitative estimate of drug-likeness (QED) is 0.666. The highest BCUT2D eigenvalue weighted by Gasteiger charge is 2.09. The van der Waals surface area contributed by atoms with E-state index in [-0.39, 0.29) is 11.7 Å². The van der Waals surface area contributed by atoms with Crippen LogP contribution in [0.1, 0.15) is 11.1 Å². The third-order valence-electron chi connectivity index (χ3n) is 1.92. The number of thiol groups is 1. The number of benzene rings is 1. The molecule has 0 bridgehead atoms. The summed E-state index contributed by atoms with van der Waals surface area (Å²) in [5, 5.41) is 0.728. The van der Waals surface area contributed by atoms with E-state index in [9.17, 15) is 4.79 Å². The first-order valence-corrected chi connectivity index (χ1v) is 6.22. The summed E-state index contributed by atoms with van der Waals surface area (Å²) >= 11 is 13.2. The highest BCUT2D eigenvalue weighted by molar-refractivity contribution is 9.08. The molecule has 0 aliphatic carbocycles. The maximum Gasteiger partial charge on any atom is 0.152 e. The summed E-state index contributed by atoms with van der Waals surface area (Å²) in [4.78, 5) is 12.1. The number of ketones is 1. The average molecular weight is 294 g/mol. The van der Waals surface area contributed by atoms with Crippen molar-refractivity contribution in [2.75, 3.05) is 5.88 Å². The Morgan fingerprint density at radius 2 is 2.21 bits per heavy atom. The van der Waals surface area contributed by atoms with E-state index in [1.807, 2.05) is 18.2 Å². The Balaban J connectivity index is 2.98. The topological polar surface area (TPSA) is 17.1 Å². The molecule has 0 unspecified atom stereocenters. The Labute approximate surface area is 102 Å². The lowest BCUT2D eigenvalue weighted by Gasteiger charge is -2.08. The van der Waals surface area contributed by atoms with Gasteiger partial charge in [0, 0.05) is 16.6 Å². The van der Waals surface area contributed by atoms with E-state index in [1.54, 1.807) is 0 Å². The third-order valence-corrected chi connectivity index (χ3v) is 3.24. The fourth-order valence-electron chi connectivity index (χ4n) is 1.19. The van der Waals surface area contributed by atoms with Crippen LogP contribution < -0.4 is 0 Å². The molecule has 0 saturated heterocycles. The molecular formula is C10H10BrClOS. The molecular weight excluding hydrogens is 284 g/mol. The third kappa shape index (κ3) is 3.01. The Morgan fingerprint density at radius 3 is 2.79 bits per heavy atom. The van der Waals surface area contributed by atoms with Crippen LogP contribution in [0.15, 0.2) is 23.1 Å². The molecule has 76 valence electrons. The zero-order valence-corrected chi connectivity index (χ0v) is 10.7. The second-order valence-electron chi connectivity index (χ2n) is 2.90. The molecule has 1 nitrogen and oxygen atoms in total. The molecule has 0 heterocycles. The molecule has 0 aromatic heterocycles. The zero-order chi connectivity index (χ0) is 10.6. The van der Waals surface area contributed by atoms with Crippen molar-refractivity contribution >= 4 is 45.9 Å². The van der Waals surface area contributed by atoms with Crippen LogP contribution >= 0.6 is 40.2 Å². The van der Waals surface area contributed by atoms with Crippen LogP contribution in [0.4, 0.5) is 0 Å². The Bertz CT molecular complexity index is 341. The van der Waals surface area contributed by atoms with Gasteiger partial charge in [0.05, 0.1) is 5.88 Å². The zero-order valence-electron chi connectivity index (χ0n) is 7.46. The predicted octanol–water partition coefficient (Wildman–Crippen LogP) is 3.22. The van der Waals surface area contributed by atoms with Crippen LogP contribution in [0.5, 0.6) is 0 Å². The van der Waals surface area contributed by atoms with Crippen LogP contribution in [-0.4, -0.2) is 11.7 Å². The molecule has 0 spiro atoms. The van der Waals surface area contributed by atoms with Gasteiger partial charge in [-0.15, -0.1) is 24.2 Å². The molecule has 0 N–H and O–H groups in total. The molecule has 0 radical (unpaired) electrons. The molecule has 1 rings (SSSR count). The van der Waals surface area contributed by atoms with E-state index in [0.29, 0.717) is 6.42 Å². The lowest BCUT2D eigenvalue weighted by molar-refractivity contribution is -0.116. The van der Waals surface area contributed by atoms with Gasteiger partial charge in [-0.1, -0.05) is 28.1 Å². The van der Waals surface area contributed by atoms with E-state index < -0.39 is 0 Å². The first-order valence-electron chi connectivity index (χ1n) is 4.12. The largest absolute Gasteiger partial charge is 0.298 e.